The highest BCUT2D eigenvalue weighted by molar-refractivity contribution is 7.26. The number of hydrogen-bond donors (Lipinski definition) is 0. The van der Waals surface area contributed by atoms with Crippen LogP contribution in [-0.2, 0) is 0 Å². The maximum absolute atomic E-state index is 2.46. The average molecular weight is 1640 g/mol. The standard InChI is InChI=1S/2C60H38N2S/c1-4-15-39(16-5-1)43-33-44(40-17-6-2-7-18-40)35-45(34-43)42-29-32-50-54-37-53-49-21-10-12-25-55(49)61(57(53)38-58(54)62(56(50)36-42)46-19-8-3-9-20-46)47-30-27-41(28-31-47)48-23-14-24-52-51-22-11-13-26-59(51)63-60(48)52;1-4-15-39(16-5-1)43-33-44(40-17-6-2-7-18-40)35-45(34-43)42-29-32-56-52(36-42)54-37-53-49-21-10-12-25-55(49)62(57(53)38-58(54)61(56)46-19-8-3-9-20-46)47-30-27-41(28-31-47)48-23-14-24-51-50-22-11-13-26-59(50)63-60(48)51/h2*1-38H. The van der Waals surface area contributed by atoms with Crippen LogP contribution in [0.15, 0.2) is 461 Å². The summed E-state index contributed by atoms with van der Waals surface area (Å²) >= 11 is 3.76. The van der Waals surface area contributed by atoms with E-state index in [-0.39, 0.29) is 0 Å². The normalized spacial score (nSPS) is 11.8. The lowest BCUT2D eigenvalue weighted by Gasteiger charge is -2.13. The molecule has 0 spiro atoms. The van der Waals surface area contributed by atoms with E-state index in [9.17, 15) is 0 Å². The quantitative estimate of drug-likeness (QED) is 0.116. The Bertz CT molecular complexity index is 8490. The van der Waals surface area contributed by atoms with Crippen molar-refractivity contribution in [3.05, 3.63) is 461 Å². The van der Waals surface area contributed by atoms with E-state index in [2.05, 4.69) is 479 Å². The van der Waals surface area contributed by atoms with E-state index in [4.69, 9.17) is 0 Å². The van der Waals surface area contributed by atoms with Gasteiger partial charge in [-0.1, -0.05) is 309 Å². The zero-order valence-corrected chi connectivity index (χ0v) is 70.1. The zero-order valence-electron chi connectivity index (χ0n) is 68.5. The van der Waals surface area contributed by atoms with Gasteiger partial charge in [-0.05, 0) is 241 Å². The second kappa shape index (κ2) is 30.0. The van der Waals surface area contributed by atoms with E-state index in [0.29, 0.717) is 0 Å². The predicted molar refractivity (Wildman–Crippen MR) is 540 cm³/mol. The molecule has 0 unspecified atom stereocenters. The Hall–Kier alpha value is -16.0. The average Bonchev–Trinajstić information content (AvgIpc) is 1.58. The summed E-state index contributed by atoms with van der Waals surface area (Å²) in [4.78, 5) is 0. The molecular formula is C120H76N4S2. The van der Waals surface area contributed by atoms with Gasteiger partial charge in [-0.15, -0.1) is 22.7 Å². The van der Waals surface area contributed by atoms with E-state index < -0.39 is 0 Å². The summed E-state index contributed by atoms with van der Waals surface area (Å²) in [6, 6.07) is 169. The van der Waals surface area contributed by atoms with E-state index in [1.165, 1.54) is 217 Å². The molecule has 0 amide bonds. The third kappa shape index (κ3) is 12.2. The highest BCUT2D eigenvalue weighted by atomic mass is 32.1. The number of para-hydroxylation sites is 4. The van der Waals surface area contributed by atoms with Crippen LogP contribution >= 0.6 is 22.7 Å². The third-order valence-corrected chi connectivity index (χ3v) is 28.2. The van der Waals surface area contributed by atoms with Crippen LogP contribution in [0.2, 0.25) is 0 Å². The van der Waals surface area contributed by atoms with E-state index in [0.717, 1.165) is 22.7 Å². The summed E-state index contributed by atoms with van der Waals surface area (Å²) in [6.45, 7) is 0. The van der Waals surface area contributed by atoms with Gasteiger partial charge in [0.1, 0.15) is 0 Å². The predicted octanol–water partition coefficient (Wildman–Crippen LogP) is 33.8. The van der Waals surface area contributed by atoms with Gasteiger partial charge in [0.05, 0.1) is 44.1 Å². The molecule has 0 fully saturated rings. The van der Waals surface area contributed by atoms with Crippen molar-refractivity contribution in [1.82, 2.24) is 18.3 Å². The number of aromatic nitrogens is 4. The third-order valence-electron chi connectivity index (χ3n) is 25.8. The van der Waals surface area contributed by atoms with Crippen molar-refractivity contribution in [3.8, 4) is 112 Å². The molecule has 588 valence electrons. The fourth-order valence-corrected chi connectivity index (χ4v) is 22.4. The van der Waals surface area contributed by atoms with Crippen molar-refractivity contribution in [3.63, 3.8) is 0 Å². The van der Waals surface area contributed by atoms with Gasteiger partial charge in [0.15, 0.2) is 0 Å². The molecule has 6 heteroatoms. The topological polar surface area (TPSA) is 19.7 Å². The molecule has 0 bridgehead atoms. The van der Waals surface area contributed by atoms with E-state index in [1.54, 1.807) is 0 Å². The molecule has 126 heavy (non-hydrogen) atoms. The molecule has 0 N–H and O–H groups in total. The fourth-order valence-electron chi connectivity index (χ4n) is 19.9. The van der Waals surface area contributed by atoms with Crippen LogP contribution in [0.5, 0.6) is 0 Å². The molecule has 6 heterocycles. The van der Waals surface area contributed by atoms with Gasteiger partial charge in [0.2, 0.25) is 0 Å². The molecule has 6 aromatic heterocycles. The molecule has 0 aliphatic rings. The van der Waals surface area contributed by atoms with Crippen LogP contribution in [0.1, 0.15) is 0 Å². The smallest absolute Gasteiger partial charge is 0.0562 e. The molecule has 0 aliphatic heterocycles. The van der Waals surface area contributed by atoms with Crippen molar-refractivity contribution in [1.29, 1.82) is 0 Å². The Morgan fingerprint density at radius 1 is 0.127 bits per heavy atom. The SMILES string of the molecule is c1ccc(-c2cc(-c3ccccc3)cc(-c3ccc4c(c3)c3cc5c6ccccc6n(-c6ccc(-c7cccc8c7sc7ccccc78)cc6)c5cc3n4-c3ccccc3)c2)cc1.c1ccc(-c2cc(-c3ccccc3)cc(-c3ccc4c5cc6c7ccccc7n(-c7ccc(-c8cccc9c8sc8ccccc89)cc7)c6cc5n(-c5ccccc5)c4c3)c2)cc1. The molecule has 0 saturated carbocycles. The summed E-state index contributed by atoms with van der Waals surface area (Å²) in [5.74, 6) is 0. The highest BCUT2D eigenvalue weighted by Gasteiger charge is 2.25. The van der Waals surface area contributed by atoms with Gasteiger partial charge in [-0.25, -0.2) is 0 Å². The van der Waals surface area contributed by atoms with Gasteiger partial charge >= 0.3 is 0 Å². The van der Waals surface area contributed by atoms with Crippen molar-refractivity contribution in [2.75, 3.05) is 0 Å². The first-order valence-corrected chi connectivity index (χ1v) is 44.8. The fraction of sp³-hybridized carbons (Fsp3) is 0. The lowest BCUT2D eigenvalue weighted by Crippen LogP contribution is -1.96. The van der Waals surface area contributed by atoms with Crippen LogP contribution in [-0.4, -0.2) is 18.3 Å². The van der Waals surface area contributed by atoms with Crippen LogP contribution in [0, 0.1) is 0 Å². The van der Waals surface area contributed by atoms with Crippen molar-refractivity contribution < 1.29 is 0 Å². The minimum absolute atomic E-state index is 1.14. The Morgan fingerprint density at radius 2 is 0.397 bits per heavy atom. The minimum atomic E-state index is 1.14. The zero-order chi connectivity index (χ0) is 82.9. The maximum Gasteiger partial charge on any atom is 0.0562 e. The molecule has 26 aromatic rings. The number of rotatable bonds is 12. The Kier molecular flexibility index (Phi) is 17.3. The lowest BCUT2D eigenvalue weighted by atomic mass is 9.93. The molecule has 0 radical (unpaired) electrons. The molecule has 0 atom stereocenters. The molecule has 4 nitrogen and oxygen atoms in total. The maximum atomic E-state index is 2.46. The number of nitrogens with zero attached hydrogens (tertiary/aromatic N) is 4. The summed E-state index contributed by atoms with van der Waals surface area (Å²) in [5, 5.41) is 15.2. The summed E-state index contributed by atoms with van der Waals surface area (Å²) in [6.07, 6.45) is 0. The van der Waals surface area contributed by atoms with Gasteiger partial charge in [0, 0.05) is 106 Å². The summed E-state index contributed by atoms with van der Waals surface area (Å²) in [5.41, 5.74) is 33.5. The van der Waals surface area contributed by atoms with Crippen molar-refractivity contribution >= 4 is 150 Å². The second-order valence-corrected chi connectivity index (χ2v) is 35.1. The first-order chi connectivity index (χ1) is 62.5. The Balaban J connectivity index is 0.000000137. The highest BCUT2D eigenvalue weighted by Crippen LogP contribution is 2.48. The number of fused-ring (bicyclic) bond motifs is 18. The molecule has 26 rings (SSSR count). The van der Waals surface area contributed by atoms with Crippen LogP contribution in [0.4, 0.5) is 0 Å². The largest absolute Gasteiger partial charge is 0.309 e. The summed E-state index contributed by atoms with van der Waals surface area (Å²) < 4.78 is 15.1. The molecule has 20 aromatic carbocycles. The molecule has 0 aliphatic carbocycles. The lowest BCUT2D eigenvalue weighted by molar-refractivity contribution is 1.16. The number of hydrogen-bond acceptors (Lipinski definition) is 2. The van der Waals surface area contributed by atoms with Crippen LogP contribution in [0.25, 0.3) is 239 Å². The van der Waals surface area contributed by atoms with E-state index >= 15 is 0 Å². The van der Waals surface area contributed by atoms with Gasteiger partial charge in [0.25, 0.3) is 0 Å². The Labute approximate surface area is 735 Å². The van der Waals surface area contributed by atoms with Crippen molar-refractivity contribution in [2.24, 2.45) is 0 Å². The van der Waals surface area contributed by atoms with Crippen molar-refractivity contribution in [2.45, 2.75) is 0 Å². The van der Waals surface area contributed by atoms with Gasteiger partial charge in [-0.3, -0.25) is 0 Å². The molecule has 0 saturated heterocycles. The minimum Gasteiger partial charge on any atom is -0.309 e. The first-order valence-electron chi connectivity index (χ1n) is 43.2. The Morgan fingerprint density at radius 3 is 0.802 bits per heavy atom. The van der Waals surface area contributed by atoms with Crippen LogP contribution in [0.3, 0.4) is 0 Å². The monoisotopic (exact) mass is 1640 g/mol. The second-order valence-electron chi connectivity index (χ2n) is 33.0. The number of thiophene rings is 2. The first kappa shape index (κ1) is 72.8. The van der Waals surface area contributed by atoms with Gasteiger partial charge < -0.3 is 18.3 Å². The number of benzene rings is 20. The van der Waals surface area contributed by atoms with Crippen LogP contribution < -0.4 is 0 Å². The van der Waals surface area contributed by atoms with E-state index in [1.807, 2.05) is 22.7 Å². The summed E-state index contributed by atoms with van der Waals surface area (Å²) in [7, 11) is 0. The molecular weight excluding hydrogens is 1560 g/mol. The van der Waals surface area contributed by atoms with Gasteiger partial charge in [-0.2, -0.15) is 0 Å².